The molecule has 2 N–H and O–H groups in total. The van der Waals surface area contributed by atoms with Gasteiger partial charge in [-0.3, -0.25) is 4.79 Å². The summed E-state index contributed by atoms with van der Waals surface area (Å²) in [6.45, 7) is 5.22. The third kappa shape index (κ3) is 5.63. The van der Waals surface area contributed by atoms with Crippen LogP contribution in [-0.4, -0.2) is 32.9 Å². The molecule has 2 aromatic rings. The first-order valence-corrected chi connectivity index (χ1v) is 9.64. The molecule has 0 aromatic heterocycles. The minimum Gasteiger partial charge on any atom is -0.465 e. The van der Waals surface area contributed by atoms with E-state index in [0.717, 1.165) is 0 Å². The largest absolute Gasteiger partial charge is 0.465 e. The van der Waals surface area contributed by atoms with Gasteiger partial charge in [0.1, 0.15) is 0 Å². The summed E-state index contributed by atoms with van der Waals surface area (Å²) in [7, 11) is -2.47. The van der Waals surface area contributed by atoms with E-state index in [1.54, 1.807) is 39.0 Å². The van der Waals surface area contributed by atoms with Crippen LogP contribution in [0.5, 0.6) is 0 Å². The molecular formula is C19H22N2O5S. The molecule has 0 saturated heterocycles. The fraction of sp³-hybridized carbons (Fsp3) is 0.263. The monoisotopic (exact) mass is 390 g/mol. The minimum atomic E-state index is -3.72. The van der Waals surface area contributed by atoms with Gasteiger partial charge >= 0.3 is 5.97 Å². The van der Waals surface area contributed by atoms with E-state index in [9.17, 15) is 18.0 Å². The van der Waals surface area contributed by atoms with E-state index in [1.165, 1.54) is 37.4 Å². The number of carbonyl (C=O) groups is 2. The van der Waals surface area contributed by atoms with Gasteiger partial charge in [-0.05, 0) is 57.2 Å². The van der Waals surface area contributed by atoms with Crippen LogP contribution in [0, 0.1) is 0 Å². The van der Waals surface area contributed by atoms with Gasteiger partial charge in [0, 0.05) is 16.8 Å². The molecule has 0 fully saturated rings. The van der Waals surface area contributed by atoms with Gasteiger partial charge in [0.05, 0.1) is 17.6 Å². The van der Waals surface area contributed by atoms with E-state index in [0.29, 0.717) is 5.69 Å². The van der Waals surface area contributed by atoms with Crippen molar-refractivity contribution in [2.24, 2.45) is 0 Å². The van der Waals surface area contributed by atoms with Crippen molar-refractivity contribution >= 4 is 27.6 Å². The Bertz CT molecular complexity index is 962. The molecule has 0 aliphatic rings. The zero-order chi connectivity index (χ0) is 20.2. The van der Waals surface area contributed by atoms with Crippen LogP contribution in [0.25, 0.3) is 0 Å². The van der Waals surface area contributed by atoms with Crippen LogP contribution in [0.2, 0.25) is 0 Å². The summed E-state index contributed by atoms with van der Waals surface area (Å²) in [5.74, 6) is -1.02. The van der Waals surface area contributed by atoms with E-state index >= 15 is 0 Å². The van der Waals surface area contributed by atoms with Gasteiger partial charge in [-0.2, -0.15) is 0 Å². The van der Waals surface area contributed by atoms with Gasteiger partial charge in [0.2, 0.25) is 10.0 Å². The Morgan fingerprint density at radius 1 is 0.963 bits per heavy atom. The van der Waals surface area contributed by atoms with Crippen molar-refractivity contribution in [3.63, 3.8) is 0 Å². The number of benzene rings is 2. The van der Waals surface area contributed by atoms with Crippen LogP contribution >= 0.6 is 0 Å². The molecule has 0 atom stereocenters. The standard InChI is InChI=1S/C19H22N2O5S/c1-19(2,3)21-27(24,25)16-10-6-9-15(12-16)20-17(22)13-7-5-8-14(11-13)18(23)26-4/h5-12,21H,1-4H3,(H,20,22). The lowest BCUT2D eigenvalue weighted by Gasteiger charge is -2.20. The molecular weight excluding hydrogens is 368 g/mol. The van der Waals surface area contributed by atoms with Gasteiger partial charge in [-0.25, -0.2) is 17.9 Å². The highest BCUT2D eigenvalue weighted by molar-refractivity contribution is 7.89. The highest BCUT2D eigenvalue weighted by atomic mass is 32.2. The van der Waals surface area contributed by atoms with Crippen LogP contribution in [0.1, 0.15) is 41.5 Å². The molecule has 0 saturated carbocycles. The van der Waals surface area contributed by atoms with E-state index < -0.39 is 27.4 Å². The van der Waals surface area contributed by atoms with Crippen molar-refractivity contribution in [1.29, 1.82) is 0 Å². The number of anilines is 1. The Morgan fingerprint density at radius 2 is 1.59 bits per heavy atom. The first-order valence-electron chi connectivity index (χ1n) is 8.15. The lowest BCUT2D eigenvalue weighted by molar-refractivity contribution is 0.0600. The summed E-state index contributed by atoms with van der Waals surface area (Å²) < 4.78 is 32.1. The van der Waals surface area contributed by atoms with Gasteiger partial charge < -0.3 is 10.1 Å². The van der Waals surface area contributed by atoms with Gasteiger partial charge in [0.15, 0.2) is 0 Å². The number of sulfonamides is 1. The average Bonchev–Trinajstić information content (AvgIpc) is 2.59. The second-order valence-corrected chi connectivity index (χ2v) is 8.59. The van der Waals surface area contributed by atoms with Gasteiger partial charge in [0.25, 0.3) is 5.91 Å². The summed E-state index contributed by atoms with van der Waals surface area (Å²) in [4.78, 5) is 24.1. The maximum Gasteiger partial charge on any atom is 0.337 e. The molecule has 0 heterocycles. The number of nitrogens with one attached hydrogen (secondary N) is 2. The van der Waals surface area contributed by atoms with Crippen molar-refractivity contribution < 1.29 is 22.7 Å². The molecule has 144 valence electrons. The molecule has 2 rings (SSSR count). The molecule has 1 amide bonds. The molecule has 0 aliphatic heterocycles. The molecule has 0 spiro atoms. The quantitative estimate of drug-likeness (QED) is 0.765. The molecule has 0 aliphatic carbocycles. The Kier molecular flexibility index (Phi) is 6.02. The van der Waals surface area contributed by atoms with E-state index in [2.05, 4.69) is 14.8 Å². The number of amides is 1. The maximum absolute atomic E-state index is 12.4. The second kappa shape index (κ2) is 7.89. The van der Waals surface area contributed by atoms with Crippen molar-refractivity contribution in [3.8, 4) is 0 Å². The number of ether oxygens (including phenoxy) is 1. The number of carbonyl (C=O) groups excluding carboxylic acids is 2. The van der Waals surface area contributed by atoms with Gasteiger partial charge in [-0.1, -0.05) is 12.1 Å². The maximum atomic E-state index is 12.4. The topological polar surface area (TPSA) is 102 Å². The molecule has 0 bridgehead atoms. The van der Waals surface area contributed by atoms with Crippen molar-refractivity contribution in [2.75, 3.05) is 12.4 Å². The van der Waals surface area contributed by atoms with E-state index in [1.807, 2.05) is 0 Å². The smallest absolute Gasteiger partial charge is 0.337 e. The third-order valence-corrected chi connectivity index (χ3v) is 5.14. The number of esters is 1. The Labute approximate surface area is 158 Å². The normalized spacial score (nSPS) is 11.7. The summed E-state index contributed by atoms with van der Waals surface area (Å²) in [6.07, 6.45) is 0. The average molecular weight is 390 g/mol. The van der Waals surface area contributed by atoms with E-state index in [4.69, 9.17) is 0 Å². The SMILES string of the molecule is COC(=O)c1cccc(C(=O)Nc2cccc(S(=O)(=O)NC(C)(C)C)c2)c1. The zero-order valence-electron chi connectivity index (χ0n) is 15.6. The first-order chi connectivity index (χ1) is 12.5. The summed E-state index contributed by atoms with van der Waals surface area (Å²) >= 11 is 0. The zero-order valence-corrected chi connectivity index (χ0v) is 16.4. The van der Waals surface area contributed by atoms with Crippen LogP contribution < -0.4 is 10.0 Å². The highest BCUT2D eigenvalue weighted by Crippen LogP contribution is 2.18. The Hall–Kier alpha value is -2.71. The number of methoxy groups -OCH3 is 1. The number of hydrogen-bond donors (Lipinski definition) is 2. The fourth-order valence-electron chi connectivity index (χ4n) is 2.31. The summed E-state index contributed by atoms with van der Waals surface area (Å²) in [6, 6.07) is 12.0. The third-order valence-electron chi connectivity index (χ3n) is 3.39. The minimum absolute atomic E-state index is 0.0403. The Morgan fingerprint density at radius 3 is 2.22 bits per heavy atom. The lowest BCUT2D eigenvalue weighted by atomic mass is 10.1. The summed E-state index contributed by atoms with van der Waals surface area (Å²) in [5.41, 5.74) is 0.182. The molecule has 27 heavy (non-hydrogen) atoms. The molecule has 8 heteroatoms. The van der Waals surface area contributed by atoms with Crippen molar-refractivity contribution in [2.45, 2.75) is 31.2 Å². The number of rotatable bonds is 5. The summed E-state index contributed by atoms with van der Waals surface area (Å²) in [5, 5.41) is 2.63. The van der Waals surface area contributed by atoms with Crippen LogP contribution in [-0.2, 0) is 14.8 Å². The van der Waals surface area contributed by atoms with Gasteiger partial charge in [-0.15, -0.1) is 0 Å². The molecule has 2 aromatic carbocycles. The molecule has 7 nitrogen and oxygen atoms in total. The predicted octanol–water partition coefficient (Wildman–Crippen LogP) is 2.80. The second-order valence-electron chi connectivity index (χ2n) is 6.91. The van der Waals surface area contributed by atoms with Crippen LogP contribution in [0.15, 0.2) is 53.4 Å². The number of hydrogen-bond acceptors (Lipinski definition) is 5. The highest BCUT2D eigenvalue weighted by Gasteiger charge is 2.22. The lowest BCUT2D eigenvalue weighted by Crippen LogP contribution is -2.40. The molecule has 0 unspecified atom stereocenters. The predicted molar refractivity (Wildman–Crippen MR) is 102 cm³/mol. The van der Waals surface area contributed by atoms with Crippen molar-refractivity contribution in [3.05, 3.63) is 59.7 Å². The fourth-order valence-corrected chi connectivity index (χ4v) is 3.78. The van der Waals surface area contributed by atoms with Crippen LogP contribution in [0.3, 0.4) is 0 Å². The van der Waals surface area contributed by atoms with Crippen LogP contribution in [0.4, 0.5) is 5.69 Å². The first kappa shape index (κ1) is 20.6. The Balaban J connectivity index is 2.24. The molecule has 0 radical (unpaired) electrons. The van der Waals surface area contributed by atoms with E-state index in [-0.39, 0.29) is 16.0 Å². The van der Waals surface area contributed by atoms with Crippen molar-refractivity contribution in [1.82, 2.24) is 4.72 Å².